The van der Waals surface area contributed by atoms with Gasteiger partial charge in [0, 0.05) is 16.6 Å². The minimum Gasteiger partial charge on any atom is -0.310 e. The van der Waals surface area contributed by atoms with E-state index in [2.05, 4.69) is 5.32 Å². The summed E-state index contributed by atoms with van der Waals surface area (Å²) in [6.07, 6.45) is 0.803. The number of rotatable bonds is 5. The quantitative estimate of drug-likeness (QED) is 0.835. The lowest BCUT2D eigenvalue weighted by Gasteiger charge is -2.16. The molecule has 4 heteroatoms. The lowest BCUT2D eigenvalue weighted by atomic mass is 10.0. The minimum absolute atomic E-state index is 0.243. The van der Waals surface area contributed by atoms with Gasteiger partial charge in [0.05, 0.1) is 0 Å². The molecule has 0 radical (unpaired) electrons. The zero-order valence-corrected chi connectivity index (χ0v) is 12.8. The lowest BCUT2D eigenvalue weighted by Crippen LogP contribution is -2.22. The monoisotopic (exact) mass is 309 g/mol. The van der Waals surface area contributed by atoms with Crippen LogP contribution < -0.4 is 5.32 Å². The molecule has 0 fully saturated rings. The molecule has 0 saturated heterocycles. The van der Waals surface area contributed by atoms with Gasteiger partial charge >= 0.3 is 0 Å². The second-order valence-corrected chi connectivity index (χ2v) is 5.61. The van der Waals surface area contributed by atoms with E-state index in [1.807, 2.05) is 31.2 Å². The summed E-state index contributed by atoms with van der Waals surface area (Å²) in [6, 6.07) is 9.87. The fraction of sp³-hybridized carbons (Fsp3) is 0.294. The van der Waals surface area contributed by atoms with Crippen LogP contribution in [0.3, 0.4) is 0 Å². The van der Waals surface area contributed by atoms with Gasteiger partial charge in [0.1, 0.15) is 11.6 Å². The highest BCUT2D eigenvalue weighted by Gasteiger charge is 2.13. The number of hydrogen-bond acceptors (Lipinski definition) is 1. The van der Waals surface area contributed by atoms with Crippen molar-refractivity contribution in [1.29, 1.82) is 0 Å². The summed E-state index contributed by atoms with van der Waals surface area (Å²) in [6.45, 7) is 4.06. The Kier molecular flexibility index (Phi) is 5.32. The first-order chi connectivity index (χ1) is 9.97. The minimum atomic E-state index is -0.377. The van der Waals surface area contributed by atoms with E-state index in [4.69, 9.17) is 11.6 Å². The molecule has 1 N–H and O–H groups in total. The van der Waals surface area contributed by atoms with Crippen LogP contribution in [0.15, 0.2) is 36.4 Å². The second-order valence-electron chi connectivity index (χ2n) is 5.18. The highest BCUT2D eigenvalue weighted by molar-refractivity contribution is 6.30. The van der Waals surface area contributed by atoms with E-state index in [1.54, 1.807) is 6.92 Å². The Hall–Kier alpha value is -1.45. The van der Waals surface area contributed by atoms with Crippen LogP contribution in [0.4, 0.5) is 8.78 Å². The zero-order valence-electron chi connectivity index (χ0n) is 12.1. The fourth-order valence-electron chi connectivity index (χ4n) is 2.19. The molecule has 0 spiro atoms. The van der Waals surface area contributed by atoms with Crippen LogP contribution in [0.1, 0.15) is 29.7 Å². The third-order valence-corrected chi connectivity index (χ3v) is 3.77. The fourth-order valence-corrected chi connectivity index (χ4v) is 2.31. The van der Waals surface area contributed by atoms with Gasteiger partial charge in [-0.2, -0.15) is 0 Å². The van der Waals surface area contributed by atoms with E-state index in [1.165, 1.54) is 12.1 Å². The third-order valence-electron chi connectivity index (χ3n) is 3.52. The van der Waals surface area contributed by atoms with E-state index in [0.717, 1.165) is 12.0 Å². The maximum absolute atomic E-state index is 13.9. The molecule has 0 aliphatic heterocycles. The van der Waals surface area contributed by atoms with Gasteiger partial charge in [-0.15, -0.1) is 0 Å². The van der Waals surface area contributed by atoms with Gasteiger partial charge < -0.3 is 5.32 Å². The largest absolute Gasteiger partial charge is 0.310 e. The van der Waals surface area contributed by atoms with Crippen LogP contribution in [0.5, 0.6) is 0 Å². The van der Waals surface area contributed by atoms with Crippen LogP contribution in [-0.2, 0) is 6.42 Å². The van der Waals surface area contributed by atoms with E-state index >= 15 is 0 Å². The summed E-state index contributed by atoms with van der Waals surface area (Å²) in [5.74, 6) is -0.752. The summed E-state index contributed by atoms with van der Waals surface area (Å²) in [4.78, 5) is 0. The molecule has 0 bridgehead atoms. The average Bonchev–Trinajstić information content (AvgIpc) is 2.45. The van der Waals surface area contributed by atoms with Crippen LogP contribution >= 0.6 is 11.6 Å². The molecule has 2 rings (SSSR count). The van der Waals surface area contributed by atoms with Crippen molar-refractivity contribution in [2.45, 2.75) is 26.3 Å². The SMILES string of the molecule is Cc1cc(F)c(C(C)NCCc2ccc(Cl)cc2)cc1F. The standard InChI is InChI=1S/C17H18ClF2N/c1-11-9-17(20)15(10-16(11)19)12(2)21-8-7-13-3-5-14(18)6-4-13/h3-6,9-10,12,21H,7-8H2,1-2H3. The number of hydrogen-bond donors (Lipinski definition) is 1. The molecule has 0 heterocycles. The van der Waals surface area contributed by atoms with Crippen molar-refractivity contribution < 1.29 is 8.78 Å². The van der Waals surface area contributed by atoms with Crippen LogP contribution in [0.2, 0.25) is 5.02 Å². The summed E-state index contributed by atoms with van der Waals surface area (Å²) < 4.78 is 27.4. The van der Waals surface area contributed by atoms with Crippen molar-refractivity contribution in [3.8, 4) is 0 Å². The Morgan fingerprint density at radius 3 is 2.43 bits per heavy atom. The lowest BCUT2D eigenvalue weighted by molar-refractivity contribution is 0.519. The Labute approximate surface area is 128 Å². The average molecular weight is 310 g/mol. The molecule has 0 aromatic heterocycles. The molecular formula is C17H18ClF2N. The summed E-state index contributed by atoms with van der Waals surface area (Å²) in [5.41, 5.74) is 1.83. The molecule has 0 aliphatic rings. The van der Waals surface area contributed by atoms with Crippen molar-refractivity contribution >= 4 is 11.6 Å². The van der Waals surface area contributed by atoms with Crippen LogP contribution in [0, 0.1) is 18.6 Å². The van der Waals surface area contributed by atoms with Crippen LogP contribution in [0.25, 0.3) is 0 Å². The van der Waals surface area contributed by atoms with Gasteiger partial charge in [0.15, 0.2) is 0 Å². The first-order valence-corrected chi connectivity index (χ1v) is 7.28. The predicted molar refractivity (Wildman–Crippen MR) is 82.7 cm³/mol. The Bertz CT molecular complexity index is 611. The second kappa shape index (κ2) is 7.01. The first kappa shape index (κ1) is 15.9. The van der Waals surface area contributed by atoms with E-state index in [-0.39, 0.29) is 17.7 Å². The van der Waals surface area contributed by atoms with Gasteiger partial charge in [-0.3, -0.25) is 0 Å². The topological polar surface area (TPSA) is 12.0 Å². The van der Waals surface area contributed by atoms with Crippen molar-refractivity contribution in [2.75, 3.05) is 6.54 Å². The van der Waals surface area contributed by atoms with Gasteiger partial charge in [-0.1, -0.05) is 23.7 Å². The van der Waals surface area contributed by atoms with Crippen molar-refractivity contribution in [3.05, 3.63) is 69.7 Å². The molecule has 112 valence electrons. The number of halogens is 3. The maximum Gasteiger partial charge on any atom is 0.128 e. The molecule has 0 amide bonds. The molecule has 1 atom stereocenters. The molecule has 1 unspecified atom stereocenters. The molecule has 21 heavy (non-hydrogen) atoms. The molecule has 0 saturated carbocycles. The maximum atomic E-state index is 13.9. The Morgan fingerprint density at radius 1 is 1.10 bits per heavy atom. The highest BCUT2D eigenvalue weighted by Crippen LogP contribution is 2.20. The van der Waals surface area contributed by atoms with Gasteiger partial charge in [-0.05, 0) is 62.2 Å². The first-order valence-electron chi connectivity index (χ1n) is 6.90. The normalized spacial score (nSPS) is 12.4. The Morgan fingerprint density at radius 2 is 1.76 bits per heavy atom. The predicted octanol–water partition coefficient (Wildman–Crippen LogP) is 4.82. The molecular weight excluding hydrogens is 292 g/mol. The third kappa shape index (κ3) is 4.26. The number of aryl methyl sites for hydroxylation is 1. The van der Waals surface area contributed by atoms with Crippen molar-refractivity contribution in [3.63, 3.8) is 0 Å². The molecule has 2 aromatic carbocycles. The molecule has 1 nitrogen and oxygen atoms in total. The molecule has 0 aliphatic carbocycles. The van der Waals surface area contributed by atoms with Crippen molar-refractivity contribution in [1.82, 2.24) is 5.32 Å². The van der Waals surface area contributed by atoms with Gasteiger partial charge in [0.2, 0.25) is 0 Å². The van der Waals surface area contributed by atoms with Crippen LogP contribution in [-0.4, -0.2) is 6.54 Å². The highest BCUT2D eigenvalue weighted by atomic mass is 35.5. The zero-order chi connectivity index (χ0) is 15.4. The number of benzene rings is 2. The van der Waals surface area contributed by atoms with E-state index in [0.29, 0.717) is 22.7 Å². The summed E-state index contributed by atoms with van der Waals surface area (Å²) >= 11 is 5.83. The van der Waals surface area contributed by atoms with E-state index in [9.17, 15) is 8.78 Å². The molecule has 2 aromatic rings. The van der Waals surface area contributed by atoms with Gasteiger partial charge in [-0.25, -0.2) is 8.78 Å². The number of nitrogens with one attached hydrogen (secondary N) is 1. The summed E-state index contributed by atoms with van der Waals surface area (Å²) in [5, 5.41) is 3.92. The smallest absolute Gasteiger partial charge is 0.128 e. The van der Waals surface area contributed by atoms with Crippen molar-refractivity contribution in [2.24, 2.45) is 0 Å². The van der Waals surface area contributed by atoms with Gasteiger partial charge in [0.25, 0.3) is 0 Å². The Balaban J connectivity index is 1.94. The van der Waals surface area contributed by atoms with E-state index < -0.39 is 0 Å². The summed E-state index contributed by atoms with van der Waals surface area (Å²) in [7, 11) is 0.